The largest absolute Gasteiger partial charge is 0.478 e. The number of aryl methyl sites for hydroxylation is 1. The molecule has 0 saturated carbocycles. The lowest BCUT2D eigenvalue weighted by Gasteiger charge is -2.26. The number of carboxylic acid groups (broad SMARTS) is 1. The molecule has 0 spiro atoms. The van der Waals surface area contributed by atoms with Gasteiger partial charge in [0.1, 0.15) is 0 Å². The average Bonchev–Trinajstić information content (AvgIpc) is 3.31. The number of carboxylic acids is 1. The Kier molecular flexibility index (Phi) is 4.86. The number of aromatic nitrogens is 1. The number of aromatic carboxylic acids is 1. The van der Waals surface area contributed by atoms with Gasteiger partial charge < -0.3 is 10.1 Å². The molecule has 0 saturated heterocycles. The molecule has 4 aromatic rings. The van der Waals surface area contributed by atoms with Crippen molar-refractivity contribution in [1.82, 2.24) is 9.88 Å². The van der Waals surface area contributed by atoms with E-state index in [0.717, 1.165) is 61.8 Å². The fourth-order valence-corrected chi connectivity index (χ4v) is 5.87. The first-order chi connectivity index (χ1) is 14.2. The molecular formula is C24H24N2O2S. The molecule has 2 aromatic carbocycles. The number of unbranched alkanes of at least 4 members (excludes halogenated alkanes) is 1. The lowest BCUT2D eigenvalue weighted by molar-refractivity contribution is 0.0699. The molecule has 2 N–H and O–H groups in total. The summed E-state index contributed by atoms with van der Waals surface area (Å²) in [6, 6.07) is 14.2. The number of benzene rings is 2. The molecule has 29 heavy (non-hydrogen) atoms. The van der Waals surface area contributed by atoms with Crippen molar-refractivity contribution in [1.29, 1.82) is 0 Å². The number of hydrogen-bond acceptors (Lipinski definition) is 3. The van der Waals surface area contributed by atoms with E-state index in [0.29, 0.717) is 5.56 Å². The molecule has 1 aliphatic heterocycles. The van der Waals surface area contributed by atoms with Crippen molar-refractivity contribution in [3.8, 4) is 0 Å². The van der Waals surface area contributed by atoms with Gasteiger partial charge in [0.2, 0.25) is 0 Å². The number of thiophene rings is 1. The van der Waals surface area contributed by atoms with E-state index >= 15 is 0 Å². The maximum absolute atomic E-state index is 11.5. The molecule has 0 aliphatic carbocycles. The van der Waals surface area contributed by atoms with Crippen molar-refractivity contribution in [2.24, 2.45) is 0 Å². The SMILES string of the molecule is O=C(O)c1cccc2[nH]cc(CCCCN3CCc4c(sc5ccccc45)C3)c12. The van der Waals surface area contributed by atoms with Gasteiger partial charge in [0.25, 0.3) is 0 Å². The first-order valence-electron chi connectivity index (χ1n) is 10.2. The van der Waals surface area contributed by atoms with E-state index in [1.165, 1.54) is 15.0 Å². The molecule has 0 unspecified atom stereocenters. The molecule has 0 atom stereocenters. The van der Waals surface area contributed by atoms with Crippen LogP contribution in [0.1, 0.15) is 39.2 Å². The number of H-pyrrole nitrogens is 1. The second-order valence-corrected chi connectivity index (χ2v) is 8.97. The first kappa shape index (κ1) is 18.4. The Morgan fingerprint density at radius 2 is 2.03 bits per heavy atom. The predicted molar refractivity (Wildman–Crippen MR) is 119 cm³/mol. The Morgan fingerprint density at radius 3 is 2.93 bits per heavy atom. The van der Waals surface area contributed by atoms with E-state index in [1.807, 2.05) is 23.6 Å². The topological polar surface area (TPSA) is 56.3 Å². The Balaban J connectivity index is 1.21. The Bertz CT molecular complexity index is 1190. The minimum atomic E-state index is -0.857. The van der Waals surface area contributed by atoms with Gasteiger partial charge in [-0.3, -0.25) is 4.90 Å². The quantitative estimate of drug-likeness (QED) is 0.420. The van der Waals surface area contributed by atoms with Gasteiger partial charge in [0.15, 0.2) is 0 Å². The summed E-state index contributed by atoms with van der Waals surface area (Å²) in [7, 11) is 0. The highest BCUT2D eigenvalue weighted by Gasteiger charge is 2.20. The maximum Gasteiger partial charge on any atom is 0.336 e. The Morgan fingerprint density at radius 1 is 1.14 bits per heavy atom. The third kappa shape index (κ3) is 3.45. The van der Waals surface area contributed by atoms with Crippen LogP contribution in [-0.4, -0.2) is 34.0 Å². The Hall–Kier alpha value is -2.63. The van der Waals surface area contributed by atoms with Crippen molar-refractivity contribution in [2.45, 2.75) is 32.2 Å². The van der Waals surface area contributed by atoms with E-state index in [4.69, 9.17) is 0 Å². The molecule has 0 radical (unpaired) electrons. The van der Waals surface area contributed by atoms with Crippen molar-refractivity contribution in [2.75, 3.05) is 13.1 Å². The molecule has 0 amide bonds. The number of nitrogens with zero attached hydrogens (tertiary/aromatic N) is 1. The van der Waals surface area contributed by atoms with Gasteiger partial charge in [0, 0.05) is 39.8 Å². The summed E-state index contributed by atoms with van der Waals surface area (Å²) in [4.78, 5) is 18.9. The highest BCUT2D eigenvalue weighted by Crippen LogP contribution is 2.35. The second-order valence-electron chi connectivity index (χ2n) is 7.83. The normalized spacial score (nSPS) is 14.5. The monoisotopic (exact) mass is 404 g/mol. The Labute approximate surface area is 173 Å². The maximum atomic E-state index is 11.5. The number of carbonyl (C=O) groups is 1. The van der Waals surface area contributed by atoms with Crippen LogP contribution in [0.5, 0.6) is 0 Å². The lowest BCUT2D eigenvalue weighted by atomic mass is 10.0. The van der Waals surface area contributed by atoms with Crippen LogP contribution in [-0.2, 0) is 19.4 Å². The van der Waals surface area contributed by atoms with Gasteiger partial charge in [-0.1, -0.05) is 24.3 Å². The van der Waals surface area contributed by atoms with Crippen LogP contribution in [0.15, 0.2) is 48.7 Å². The fourth-order valence-electron chi connectivity index (χ4n) is 4.58. The fraction of sp³-hybridized carbons (Fsp3) is 0.292. The molecule has 3 heterocycles. The summed E-state index contributed by atoms with van der Waals surface area (Å²) < 4.78 is 1.41. The van der Waals surface area contributed by atoms with Crippen LogP contribution in [0.25, 0.3) is 21.0 Å². The van der Waals surface area contributed by atoms with Crippen molar-refractivity contribution >= 4 is 38.3 Å². The first-order valence-corrected chi connectivity index (χ1v) is 11.1. The van der Waals surface area contributed by atoms with E-state index in [2.05, 4.69) is 34.1 Å². The van der Waals surface area contributed by atoms with Gasteiger partial charge in [-0.15, -0.1) is 11.3 Å². The van der Waals surface area contributed by atoms with Crippen LogP contribution < -0.4 is 0 Å². The molecular weight excluding hydrogens is 380 g/mol. The van der Waals surface area contributed by atoms with E-state index in [9.17, 15) is 9.90 Å². The number of hydrogen-bond donors (Lipinski definition) is 2. The second kappa shape index (κ2) is 7.65. The van der Waals surface area contributed by atoms with E-state index in [1.54, 1.807) is 17.7 Å². The molecule has 5 rings (SSSR count). The summed E-state index contributed by atoms with van der Waals surface area (Å²) in [6.07, 6.45) is 6.22. The molecule has 2 aromatic heterocycles. The predicted octanol–water partition coefficient (Wildman–Crippen LogP) is 5.46. The number of rotatable bonds is 6. The standard InChI is InChI=1S/C24H24N2O2S/c27-24(28)19-8-5-9-20-23(19)16(14-25-20)6-3-4-12-26-13-11-18-17-7-1-2-10-21(17)29-22(18)15-26/h1-2,5,7-10,14,25H,3-4,6,11-13,15H2,(H,27,28). The zero-order valence-corrected chi connectivity index (χ0v) is 17.1. The zero-order chi connectivity index (χ0) is 19.8. The van der Waals surface area contributed by atoms with Gasteiger partial charge in [0.05, 0.1) is 5.56 Å². The third-order valence-corrected chi connectivity index (χ3v) is 7.21. The van der Waals surface area contributed by atoms with Crippen molar-refractivity contribution in [3.05, 3.63) is 70.2 Å². The molecule has 4 nitrogen and oxygen atoms in total. The van der Waals surface area contributed by atoms with Crippen molar-refractivity contribution in [3.63, 3.8) is 0 Å². The van der Waals surface area contributed by atoms with Crippen LogP contribution in [0.3, 0.4) is 0 Å². The lowest BCUT2D eigenvalue weighted by Crippen LogP contribution is -2.30. The van der Waals surface area contributed by atoms with Crippen molar-refractivity contribution < 1.29 is 9.90 Å². The summed E-state index contributed by atoms with van der Waals surface area (Å²) in [6.45, 7) is 3.29. The summed E-state index contributed by atoms with van der Waals surface area (Å²) in [5.74, 6) is -0.857. The summed E-state index contributed by atoms with van der Waals surface area (Å²) in [5.41, 5.74) is 3.98. The van der Waals surface area contributed by atoms with Crippen LogP contribution in [0.4, 0.5) is 0 Å². The molecule has 5 heteroatoms. The van der Waals surface area contributed by atoms with Gasteiger partial charge in [-0.25, -0.2) is 4.79 Å². The van der Waals surface area contributed by atoms with Crippen LogP contribution in [0.2, 0.25) is 0 Å². The zero-order valence-electron chi connectivity index (χ0n) is 16.3. The van der Waals surface area contributed by atoms with E-state index < -0.39 is 5.97 Å². The third-order valence-electron chi connectivity index (χ3n) is 6.02. The molecule has 148 valence electrons. The van der Waals surface area contributed by atoms with Gasteiger partial charge in [-0.2, -0.15) is 0 Å². The van der Waals surface area contributed by atoms with Gasteiger partial charge in [-0.05, 0) is 66.9 Å². The highest BCUT2D eigenvalue weighted by atomic mass is 32.1. The van der Waals surface area contributed by atoms with Crippen LogP contribution in [0, 0.1) is 0 Å². The smallest absolute Gasteiger partial charge is 0.336 e. The summed E-state index contributed by atoms with van der Waals surface area (Å²) in [5, 5.41) is 11.8. The van der Waals surface area contributed by atoms with Crippen LogP contribution >= 0.6 is 11.3 Å². The van der Waals surface area contributed by atoms with E-state index in [-0.39, 0.29) is 0 Å². The minimum Gasteiger partial charge on any atom is -0.478 e. The molecule has 1 aliphatic rings. The number of fused-ring (bicyclic) bond motifs is 4. The minimum absolute atomic E-state index is 0.395. The highest BCUT2D eigenvalue weighted by molar-refractivity contribution is 7.19. The number of aromatic amines is 1. The van der Waals surface area contributed by atoms with Gasteiger partial charge >= 0.3 is 5.97 Å². The average molecular weight is 405 g/mol. The number of nitrogens with one attached hydrogen (secondary N) is 1. The molecule has 0 fully saturated rings. The molecule has 0 bridgehead atoms. The summed E-state index contributed by atoms with van der Waals surface area (Å²) >= 11 is 1.95.